The van der Waals surface area contributed by atoms with E-state index >= 15 is 0 Å². The number of esters is 3. The first-order valence-electron chi connectivity index (χ1n) is 10.4. The number of hydrogen-bond acceptors (Lipinski definition) is 10. The van der Waals surface area contributed by atoms with Gasteiger partial charge in [-0.05, 0) is 31.8 Å². The van der Waals surface area contributed by atoms with Crippen LogP contribution in [0, 0.1) is 0 Å². The third-order valence-electron chi connectivity index (χ3n) is 4.63. The van der Waals surface area contributed by atoms with Crippen LogP contribution in [0.3, 0.4) is 0 Å². The van der Waals surface area contributed by atoms with Gasteiger partial charge in [0.1, 0.15) is 31.5 Å². The number of hydrogen-bond donors (Lipinski definition) is 2. The van der Waals surface area contributed by atoms with Crippen LogP contribution in [0.5, 0.6) is 0 Å². The van der Waals surface area contributed by atoms with Gasteiger partial charge < -0.3 is 33.9 Å². The van der Waals surface area contributed by atoms with E-state index in [1.54, 1.807) is 0 Å². The third-order valence-corrected chi connectivity index (χ3v) is 4.63. The molecular formula is C22H34O10. The third kappa shape index (κ3) is 10.4. The van der Waals surface area contributed by atoms with Gasteiger partial charge in [-0.3, -0.25) is 14.4 Å². The molecule has 0 bridgehead atoms. The minimum absolute atomic E-state index is 0.167. The smallest absolute Gasteiger partial charge is 0.303 e. The Morgan fingerprint density at radius 2 is 1.62 bits per heavy atom. The zero-order valence-electron chi connectivity index (χ0n) is 19.1. The van der Waals surface area contributed by atoms with Gasteiger partial charge in [-0.25, -0.2) is 0 Å². The maximum Gasteiger partial charge on any atom is 0.303 e. The average molecular weight is 459 g/mol. The maximum absolute atomic E-state index is 11.4. The molecule has 182 valence electrons. The van der Waals surface area contributed by atoms with E-state index in [0.717, 1.165) is 17.6 Å². The lowest BCUT2D eigenvalue weighted by Crippen LogP contribution is -2.60. The quantitative estimate of drug-likeness (QED) is 0.249. The summed E-state index contributed by atoms with van der Waals surface area (Å²) in [4.78, 5) is 33.3. The molecule has 0 amide bonds. The predicted octanol–water partition coefficient (Wildman–Crippen LogP) is 1.18. The Balaban J connectivity index is 2.56. The highest BCUT2D eigenvalue weighted by Crippen LogP contribution is 2.25. The summed E-state index contributed by atoms with van der Waals surface area (Å²) in [5.41, 5.74) is 1.84. The fourth-order valence-corrected chi connectivity index (χ4v) is 2.94. The first-order valence-corrected chi connectivity index (χ1v) is 10.4. The minimum atomic E-state index is -1.48. The predicted molar refractivity (Wildman–Crippen MR) is 112 cm³/mol. The Labute approximate surface area is 188 Å². The van der Waals surface area contributed by atoms with E-state index in [4.69, 9.17) is 23.7 Å². The highest BCUT2D eigenvalue weighted by Gasteiger charge is 2.47. The zero-order chi connectivity index (χ0) is 24.3. The highest BCUT2D eigenvalue weighted by atomic mass is 16.7. The van der Waals surface area contributed by atoms with Crippen molar-refractivity contribution >= 4 is 17.9 Å². The van der Waals surface area contributed by atoms with Gasteiger partial charge in [0.15, 0.2) is 12.4 Å². The van der Waals surface area contributed by atoms with Gasteiger partial charge >= 0.3 is 17.9 Å². The molecule has 1 fully saturated rings. The van der Waals surface area contributed by atoms with Crippen LogP contribution in [-0.4, -0.2) is 78.6 Å². The topological polar surface area (TPSA) is 138 Å². The van der Waals surface area contributed by atoms with Crippen LogP contribution >= 0.6 is 0 Å². The van der Waals surface area contributed by atoms with Crippen molar-refractivity contribution in [2.24, 2.45) is 0 Å². The summed E-state index contributed by atoms with van der Waals surface area (Å²) in [7, 11) is 0. The molecule has 1 aliphatic rings. The number of carbonyl (C=O) groups excluding carboxylic acids is 3. The molecule has 1 aliphatic heterocycles. The van der Waals surface area contributed by atoms with Crippen molar-refractivity contribution in [1.82, 2.24) is 0 Å². The molecule has 10 nitrogen and oxygen atoms in total. The average Bonchev–Trinajstić information content (AvgIpc) is 2.70. The van der Waals surface area contributed by atoms with Gasteiger partial charge in [-0.2, -0.15) is 0 Å². The molecule has 10 heteroatoms. The molecule has 0 aromatic heterocycles. The summed E-state index contributed by atoms with van der Waals surface area (Å²) in [5.74, 6) is -1.57. The molecule has 0 saturated carbocycles. The second-order valence-corrected chi connectivity index (χ2v) is 7.64. The molecule has 1 saturated heterocycles. The Hall–Kier alpha value is -2.27. The number of aliphatic hydroxyl groups excluding tert-OH is 2. The lowest BCUT2D eigenvalue weighted by molar-refractivity contribution is -0.304. The lowest BCUT2D eigenvalue weighted by Gasteiger charge is -2.41. The molecule has 0 aromatic carbocycles. The molecule has 1 heterocycles. The molecule has 0 radical (unpaired) electrons. The van der Waals surface area contributed by atoms with E-state index in [9.17, 15) is 24.6 Å². The SMILES string of the molecule is C=C(CC/C=C(/C)COC(C)=O)CCO[C@@H]1O[C@H](COC(C)=O)[C@@H](O)[C@H](O)[C@H]1OC(C)=O. The first kappa shape index (κ1) is 27.8. The Morgan fingerprint density at radius 3 is 2.22 bits per heavy atom. The normalized spacial score (nSPS) is 25.7. The number of rotatable bonds is 12. The van der Waals surface area contributed by atoms with E-state index in [0.29, 0.717) is 12.8 Å². The van der Waals surface area contributed by atoms with Crippen molar-refractivity contribution < 1.29 is 48.3 Å². The molecule has 0 unspecified atom stereocenters. The number of aliphatic hydroxyl groups is 2. The number of allylic oxidation sites excluding steroid dienone is 1. The summed E-state index contributed by atoms with van der Waals surface area (Å²) < 4.78 is 26.1. The van der Waals surface area contributed by atoms with Crippen molar-refractivity contribution in [3.8, 4) is 0 Å². The van der Waals surface area contributed by atoms with Crippen molar-refractivity contribution in [3.63, 3.8) is 0 Å². The first-order chi connectivity index (χ1) is 15.0. The van der Waals surface area contributed by atoms with Gasteiger partial charge in [-0.15, -0.1) is 0 Å². The van der Waals surface area contributed by atoms with E-state index in [1.807, 2.05) is 13.0 Å². The highest BCUT2D eigenvalue weighted by molar-refractivity contribution is 5.66. The molecule has 0 aliphatic carbocycles. The number of carbonyl (C=O) groups is 3. The largest absolute Gasteiger partial charge is 0.463 e. The van der Waals surface area contributed by atoms with Gasteiger partial charge in [0, 0.05) is 20.8 Å². The fourth-order valence-electron chi connectivity index (χ4n) is 2.94. The molecule has 1 rings (SSSR count). The second-order valence-electron chi connectivity index (χ2n) is 7.64. The molecule has 2 N–H and O–H groups in total. The Morgan fingerprint density at radius 1 is 0.969 bits per heavy atom. The van der Waals surface area contributed by atoms with Crippen molar-refractivity contribution in [2.45, 2.75) is 77.7 Å². The van der Waals surface area contributed by atoms with Crippen LogP contribution in [0.2, 0.25) is 0 Å². The van der Waals surface area contributed by atoms with Gasteiger partial charge in [-0.1, -0.05) is 18.2 Å². The minimum Gasteiger partial charge on any atom is -0.463 e. The Bertz CT molecular complexity index is 684. The van der Waals surface area contributed by atoms with Crippen LogP contribution in [0.25, 0.3) is 0 Å². The summed E-state index contributed by atoms with van der Waals surface area (Å²) in [6, 6.07) is 0. The Kier molecular flexibility index (Phi) is 12.1. The van der Waals surface area contributed by atoms with Crippen molar-refractivity contribution in [3.05, 3.63) is 23.8 Å². The molecule has 32 heavy (non-hydrogen) atoms. The summed E-state index contributed by atoms with van der Waals surface area (Å²) >= 11 is 0. The van der Waals surface area contributed by atoms with E-state index in [2.05, 4.69) is 6.58 Å². The summed E-state index contributed by atoms with van der Waals surface area (Å²) in [6.07, 6.45) is -2.49. The zero-order valence-corrected chi connectivity index (χ0v) is 19.1. The molecule has 0 spiro atoms. The molecular weight excluding hydrogens is 424 g/mol. The second kappa shape index (κ2) is 14.0. The summed E-state index contributed by atoms with van der Waals surface area (Å²) in [6.45, 7) is 9.74. The van der Waals surface area contributed by atoms with Gasteiger partial charge in [0.25, 0.3) is 0 Å². The molecule has 0 aromatic rings. The van der Waals surface area contributed by atoms with Crippen LogP contribution in [0.4, 0.5) is 0 Å². The van der Waals surface area contributed by atoms with Crippen LogP contribution in [0.15, 0.2) is 23.8 Å². The van der Waals surface area contributed by atoms with E-state index < -0.39 is 42.6 Å². The van der Waals surface area contributed by atoms with Gasteiger partial charge in [0.05, 0.1) is 6.61 Å². The monoisotopic (exact) mass is 458 g/mol. The maximum atomic E-state index is 11.4. The van der Waals surface area contributed by atoms with Crippen molar-refractivity contribution in [1.29, 1.82) is 0 Å². The van der Waals surface area contributed by atoms with Crippen LogP contribution < -0.4 is 0 Å². The lowest BCUT2D eigenvalue weighted by atomic mass is 9.99. The standard InChI is InChI=1S/C22H34O10/c1-13(7-6-8-14(2)11-29-15(3)23)9-10-28-22-21(31-17(5)25)20(27)19(26)18(32-22)12-30-16(4)24/h8,18-22,26-27H,1,6-7,9-12H2,2-5H3/b14-8-/t18-,19-,20+,21-,22-/m1/s1. The summed E-state index contributed by atoms with van der Waals surface area (Å²) in [5, 5.41) is 20.6. The molecule has 5 atom stereocenters. The van der Waals surface area contributed by atoms with E-state index in [1.165, 1.54) is 20.8 Å². The van der Waals surface area contributed by atoms with E-state index in [-0.39, 0.29) is 25.8 Å². The van der Waals surface area contributed by atoms with Crippen LogP contribution in [-0.2, 0) is 38.1 Å². The van der Waals surface area contributed by atoms with Crippen molar-refractivity contribution in [2.75, 3.05) is 19.8 Å². The van der Waals surface area contributed by atoms with Gasteiger partial charge in [0.2, 0.25) is 0 Å². The fraction of sp³-hybridized carbons (Fsp3) is 0.682. The number of ether oxygens (including phenoxy) is 5. The van der Waals surface area contributed by atoms with Crippen LogP contribution in [0.1, 0.15) is 47.0 Å².